The molecule has 0 aromatic rings. The van der Waals surface area contributed by atoms with Crippen LogP contribution in [0.2, 0.25) is 30.2 Å². The lowest BCUT2D eigenvalue weighted by Gasteiger charge is -2.57. The second-order valence-electron chi connectivity index (χ2n) is 8.39. The van der Waals surface area contributed by atoms with Crippen LogP contribution in [-0.2, 0) is 4.43 Å². The third kappa shape index (κ3) is 4.76. The van der Waals surface area contributed by atoms with Crippen molar-refractivity contribution in [3.63, 3.8) is 0 Å². The Labute approximate surface area is 155 Å². The van der Waals surface area contributed by atoms with E-state index in [0.29, 0.717) is 0 Å². The summed E-state index contributed by atoms with van der Waals surface area (Å²) in [6.45, 7) is 14.6. The minimum atomic E-state index is -1.53. The highest BCUT2D eigenvalue weighted by atomic mass is 29.3. The Morgan fingerprint density at radius 1 is 0.708 bits per heavy atom. The molecule has 1 heterocycles. The van der Waals surface area contributed by atoms with Gasteiger partial charge in [-0.1, -0.05) is 98.2 Å². The monoisotopic (exact) mass is 370 g/mol. The Bertz CT molecular complexity index is 325. The van der Waals surface area contributed by atoms with Crippen LogP contribution >= 0.6 is 0 Å². The summed E-state index contributed by atoms with van der Waals surface area (Å²) < 4.78 is 7.45. The average Bonchev–Trinajstić information content (AvgIpc) is 2.62. The second kappa shape index (κ2) is 10.5. The molecular formula is C21H46OSi2. The van der Waals surface area contributed by atoms with E-state index in [9.17, 15) is 0 Å². The van der Waals surface area contributed by atoms with Crippen LogP contribution in [-0.4, -0.2) is 21.0 Å². The molecule has 0 spiro atoms. The van der Waals surface area contributed by atoms with Crippen LogP contribution in [0.15, 0.2) is 0 Å². The maximum Gasteiger partial charge on any atom is 0.180 e. The number of hydrogen-bond donors (Lipinski definition) is 0. The Kier molecular flexibility index (Phi) is 9.83. The third-order valence-electron chi connectivity index (χ3n) is 7.41. The average molecular weight is 371 g/mol. The lowest BCUT2D eigenvalue weighted by Crippen LogP contribution is -2.70. The van der Waals surface area contributed by atoms with Gasteiger partial charge in [0.15, 0.2) is 7.83 Å². The maximum atomic E-state index is 7.45. The van der Waals surface area contributed by atoms with Gasteiger partial charge in [0.25, 0.3) is 0 Å². The zero-order chi connectivity index (χ0) is 18.1. The van der Waals surface area contributed by atoms with E-state index in [2.05, 4.69) is 41.5 Å². The fourth-order valence-corrected chi connectivity index (χ4v) is 24.5. The van der Waals surface area contributed by atoms with E-state index >= 15 is 0 Å². The van der Waals surface area contributed by atoms with Gasteiger partial charge in [-0.3, -0.25) is 0 Å². The summed E-state index contributed by atoms with van der Waals surface area (Å²) >= 11 is 0. The third-order valence-corrected chi connectivity index (χ3v) is 27.5. The van der Waals surface area contributed by atoms with E-state index in [1.54, 1.807) is 6.04 Å². The summed E-state index contributed by atoms with van der Waals surface area (Å²) in [6, 6.07) is 7.27. The van der Waals surface area contributed by atoms with Crippen molar-refractivity contribution in [2.45, 2.75) is 135 Å². The van der Waals surface area contributed by atoms with E-state index in [0.717, 1.165) is 0 Å². The molecule has 0 N–H and O–H groups in total. The molecule has 0 amide bonds. The van der Waals surface area contributed by atoms with Gasteiger partial charge in [0.1, 0.15) is 0 Å². The first-order chi connectivity index (χ1) is 11.5. The predicted molar refractivity (Wildman–Crippen MR) is 115 cm³/mol. The standard InChI is InChI=1S/C21H46OSi2/c1-7-13-15-17-21(18-16-14-8-2)19-20-23(9-3,10-4)24(11-5,12-6)22-21/h7-20H2,1-6H3. The zero-order valence-corrected chi connectivity index (χ0v) is 19.8. The molecule has 0 radical (unpaired) electrons. The van der Waals surface area contributed by atoms with Crippen molar-refractivity contribution in [2.75, 3.05) is 0 Å². The van der Waals surface area contributed by atoms with Crippen LogP contribution < -0.4 is 0 Å². The Morgan fingerprint density at radius 2 is 1.21 bits per heavy atom. The molecule has 1 aliphatic rings. The van der Waals surface area contributed by atoms with Crippen molar-refractivity contribution in [3.8, 4) is 0 Å². The topological polar surface area (TPSA) is 9.23 Å². The highest BCUT2D eigenvalue weighted by Crippen LogP contribution is 2.49. The molecule has 0 atom stereocenters. The Hall–Kier alpha value is 0.394. The fourth-order valence-electron chi connectivity index (χ4n) is 5.53. The van der Waals surface area contributed by atoms with Gasteiger partial charge < -0.3 is 4.43 Å². The summed E-state index contributed by atoms with van der Waals surface area (Å²) in [5, 5.41) is 0. The molecule has 3 heteroatoms. The molecule has 1 nitrogen and oxygen atoms in total. The quantitative estimate of drug-likeness (QED) is 0.251. The van der Waals surface area contributed by atoms with Crippen LogP contribution in [0.5, 0.6) is 0 Å². The van der Waals surface area contributed by atoms with Crippen molar-refractivity contribution >= 4 is 15.4 Å². The molecular weight excluding hydrogens is 324 g/mol. The summed E-state index contributed by atoms with van der Waals surface area (Å²) in [5.74, 6) is 0. The van der Waals surface area contributed by atoms with E-state index in [1.807, 2.05) is 0 Å². The summed E-state index contributed by atoms with van der Waals surface area (Å²) in [5.41, 5.74) is 0.267. The van der Waals surface area contributed by atoms with Gasteiger partial charge in [0, 0.05) is 0 Å². The molecule has 0 unspecified atom stereocenters. The summed E-state index contributed by atoms with van der Waals surface area (Å²) in [4.78, 5) is 0. The van der Waals surface area contributed by atoms with Gasteiger partial charge in [-0.2, -0.15) is 0 Å². The summed E-state index contributed by atoms with van der Waals surface area (Å²) in [7, 11) is -2.70. The number of rotatable bonds is 12. The second-order valence-corrected chi connectivity index (χ2v) is 22.4. The number of hydrogen-bond acceptors (Lipinski definition) is 1. The van der Waals surface area contributed by atoms with Crippen LogP contribution in [0, 0.1) is 0 Å². The Balaban J connectivity index is 3.03. The fraction of sp³-hybridized carbons (Fsp3) is 1.00. The zero-order valence-electron chi connectivity index (χ0n) is 17.8. The van der Waals surface area contributed by atoms with Crippen LogP contribution in [0.1, 0.15) is 99.3 Å². The van der Waals surface area contributed by atoms with Gasteiger partial charge in [-0.15, -0.1) is 0 Å². The van der Waals surface area contributed by atoms with Gasteiger partial charge in [-0.25, -0.2) is 0 Å². The molecule has 0 bridgehead atoms. The van der Waals surface area contributed by atoms with E-state index in [1.165, 1.54) is 82.0 Å². The molecule has 1 saturated heterocycles. The van der Waals surface area contributed by atoms with Crippen molar-refractivity contribution in [3.05, 3.63) is 0 Å². The smallest absolute Gasteiger partial charge is 0.180 e. The largest absolute Gasteiger partial charge is 0.414 e. The van der Waals surface area contributed by atoms with Gasteiger partial charge >= 0.3 is 0 Å². The molecule has 1 aliphatic heterocycles. The van der Waals surface area contributed by atoms with Gasteiger partial charge in [0.05, 0.1) is 13.2 Å². The highest BCUT2D eigenvalue weighted by Gasteiger charge is 2.58. The molecule has 0 aromatic carbocycles. The number of unbranched alkanes of at least 4 members (excludes halogenated alkanes) is 4. The lowest BCUT2D eigenvalue weighted by atomic mass is 9.88. The van der Waals surface area contributed by atoms with Gasteiger partial charge in [0.2, 0.25) is 0 Å². The SMILES string of the molecule is CCCCCC1(CCCCC)CC[Si](CC)(CC)[Si](CC)(CC)O1. The molecule has 144 valence electrons. The highest BCUT2D eigenvalue weighted by molar-refractivity contribution is 7.40. The van der Waals surface area contributed by atoms with E-state index in [-0.39, 0.29) is 5.60 Å². The Morgan fingerprint density at radius 3 is 1.58 bits per heavy atom. The van der Waals surface area contributed by atoms with Crippen molar-refractivity contribution < 1.29 is 4.43 Å². The van der Waals surface area contributed by atoms with Crippen LogP contribution in [0.3, 0.4) is 0 Å². The van der Waals surface area contributed by atoms with E-state index < -0.39 is 15.4 Å². The molecule has 0 aromatic heterocycles. The minimum absolute atomic E-state index is 0.267. The molecule has 0 aliphatic carbocycles. The minimum Gasteiger partial charge on any atom is -0.414 e. The van der Waals surface area contributed by atoms with Crippen molar-refractivity contribution in [1.29, 1.82) is 0 Å². The first-order valence-corrected chi connectivity index (χ1v) is 17.2. The predicted octanol–water partition coefficient (Wildman–Crippen LogP) is 7.86. The van der Waals surface area contributed by atoms with Crippen molar-refractivity contribution in [2.24, 2.45) is 0 Å². The van der Waals surface area contributed by atoms with E-state index in [4.69, 9.17) is 4.43 Å². The lowest BCUT2D eigenvalue weighted by molar-refractivity contribution is 0.0271. The van der Waals surface area contributed by atoms with Crippen LogP contribution in [0.4, 0.5) is 0 Å². The first kappa shape index (κ1) is 22.4. The van der Waals surface area contributed by atoms with Gasteiger partial charge in [-0.05, 0) is 31.4 Å². The molecule has 1 rings (SSSR count). The molecule has 0 saturated carbocycles. The molecule has 1 fully saturated rings. The van der Waals surface area contributed by atoms with Crippen molar-refractivity contribution in [1.82, 2.24) is 0 Å². The normalized spacial score (nSPS) is 21.8. The summed E-state index contributed by atoms with van der Waals surface area (Å²) in [6.07, 6.45) is 12.3. The molecule has 24 heavy (non-hydrogen) atoms. The maximum absolute atomic E-state index is 7.45. The van der Waals surface area contributed by atoms with Crippen LogP contribution in [0.25, 0.3) is 0 Å². The first-order valence-electron chi connectivity index (χ1n) is 11.2.